The number of nitrogens with one attached hydrogen (secondary N) is 2. The van der Waals surface area contributed by atoms with Crippen molar-refractivity contribution in [2.75, 3.05) is 5.32 Å². The lowest BCUT2D eigenvalue weighted by Gasteiger charge is -2.14. The third-order valence-electron chi connectivity index (χ3n) is 3.27. The van der Waals surface area contributed by atoms with Crippen LogP contribution in [0.5, 0.6) is 0 Å². The Morgan fingerprint density at radius 2 is 1.92 bits per heavy atom. The van der Waals surface area contributed by atoms with Gasteiger partial charge in [-0.05, 0) is 49.0 Å². The first-order chi connectivity index (χ1) is 11.3. The second-order valence-corrected chi connectivity index (χ2v) is 6.02. The molecule has 0 fully saturated rings. The normalized spacial score (nSPS) is 10.5. The van der Waals surface area contributed by atoms with E-state index >= 15 is 0 Å². The molecule has 7 heteroatoms. The largest absolute Gasteiger partial charge is 0.475 e. The van der Waals surface area contributed by atoms with Gasteiger partial charge in [-0.15, -0.1) is 0 Å². The first-order valence-electron chi connectivity index (χ1n) is 7.34. The summed E-state index contributed by atoms with van der Waals surface area (Å²) < 4.78 is 5.34. The minimum Gasteiger partial charge on any atom is -0.475 e. The standard InChI is InChI=1S/C17H18N2O4S/c1-9(2)15(20)19-17(24)18-12-8-10(3)4-5-11(12)13-6-7-14(23-13)16(21)22/h4-9H,1-3H3,(H,21,22)(H2,18,19,20,24). The van der Waals surface area contributed by atoms with Gasteiger partial charge < -0.3 is 20.2 Å². The molecule has 0 aliphatic carbocycles. The van der Waals surface area contributed by atoms with E-state index in [1.165, 1.54) is 6.07 Å². The molecule has 0 bridgehead atoms. The topological polar surface area (TPSA) is 91.6 Å². The molecule has 0 atom stereocenters. The summed E-state index contributed by atoms with van der Waals surface area (Å²) in [7, 11) is 0. The smallest absolute Gasteiger partial charge is 0.371 e. The van der Waals surface area contributed by atoms with Crippen LogP contribution in [0.3, 0.4) is 0 Å². The highest BCUT2D eigenvalue weighted by Gasteiger charge is 2.15. The van der Waals surface area contributed by atoms with Crippen LogP contribution in [0, 0.1) is 12.8 Å². The number of thiocarbonyl (C=S) groups is 1. The molecule has 2 aromatic rings. The van der Waals surface area contributed by atoms with Crippen LogP contribution in [-0.2, 0) is 4.79 Å². The summed E-state index contributed by atoms with van der Waals surface area (Å²) in [6, 6.07) is 8.48. The first kappa shape index (κ1) is 17.7. The van der Waals surface area contributed by atoms with Crippen molar-refractivity contribution in [3.63, 3.8) is 0 Å². The van der Waals surface area contributed by atoms with Gasteiger partial charge in [0.25, 0.3) is 0 Å². The van der Waals surface area contributed by atoms with E-state index in [0.717, 1.165) is 5.56 Å². The molecule has 0 radical (unpaired) electrons. The van der Waals surface area contributed by atoms with Crippen LogP contribution >= 0.6 is 12.2 Å². The molecule has 3 N–H and O–H groups in total. The van der Waals surface area contributed by atoms with E-state index in [-0.39, 0.29) is 22.7 Å². The van der Waals surface area contributed by atoms with Gasteiger partial charge in [0.15, 0.2) is 5.11 Å². The number of carboxylic acids is 1. The van der Waals surface area contributed by atoms with Gasteiger partial charge in [0.1, 0.15) is 5.76 Å². The summed E-state index contributed by atoms with van der Waals surface area (Å²) in [5.41, 5.74) is 2.24. The number of carbonyl (C=O) groups excluding carboxylic acids is 1. The Bertz CT molecular complexity index is 796. The van der Waals surface area contributed by atoms with Gasteiger partial charge in [-0.1, -0.05) is 19.9 Å². The summed E-state index contributed by atoms with van der Waals surface area (Å²) in [5.74, 6) is -1.26. The van der Waals surface area contributed by atoms with Crippen LogP contribution < -0.4 is 10.6 Å². The molecule has 0 aliphatic rings. The maximum absolute atomic E-state index is 11.7. The Labute approximate surface area is 144 Å². The van der Waals surface area contributed by atoms with E-state index in [2.05, 4.69) is 10.6 Å². The summed E-state index contributed by atoms with van der Waals surface area (Å²) in [4.78, 5) is 22.7. The Morgan fingerprint density at radius 1 is 1.21 bits per heavy atom. The van der Waals surface area contributed by atoms with E-state index in [4.69, 9.17) is 21.7 Å². The zero-order valence-corrected chi connectivity index (χ0v) is 14.4. The van der Waals surface area contributed by atoms with Crippen LogP contribution in [0.25, 0.3) is 11.3 Å². The number of benzene rings is 1. The fourth-order valence-corrected chi connectivity index (χ4v) is 2.19. The van der Waals surface area contributed by atoms with E-state index in [9.17, 15) is 9.59 Å². The van der Waals surface area contributed by atoms with Crippen LogP contribution in [0.4, 0.5) is 5.69 Å². The zero-order valence-electron chi connectivity index (χ0n) is 13.5. The van der Waals surface area contributed by atoms with Crippen LogP contribution in [0.2, 0.25) is 0 Å². The minimum absolute atomic E-state index is 0.146. The second kappa shape index (κ2) is 7.27. The molecule has 0 spiro atoms. The number of anilines is 1. The van der Waals surface area contributed by atoms with Crippen LogP contribution in [0.15, 0.2) is 34.7 Å². The van der Waals surface area contributed by atoms with Gasteiger partial charge in [-0.25, -0.2) is 4.79 Å². The summed E-state index contributed by atoms with van der Waals surface area (Å²) in [5, 5.41) is 14.7. The molecule has 1 aromatic carbocycles. The van der Waals surface area contributed by atoms with Crippen molar-refractivity contribution in [3.8, 4) is 11.3 Å². The van der Waals surface area contributed by atoms with Gasteiger partial charge in [0.05, 0.1) is 5.69 Å². The highest BCUT2D eigenvalue weighted by molar-refractivity contribution is 7.80. The Hall–Kier alpha value is -2.67. The van der Waals surface area contributed by atoms with Crippen molar-refractivity contribution in [3.05, 3.63) is 41.7 Å². The molecule has 0 unspecified atom stereocenters. The maximum Gasteiger partial charge on any atom is 0.371 e. The van der Waals surface area contributed by atoms with E-state index < -0.39 is 5.97 Å². The molecular formula is C17H18N2O4S. The lowest BCUT2D eigenvalue weighted by molar-refractivity contribution is -0.122. The minimum atomic E-state index is -1.14. The molecular weight excluding hydrogens is 328 g/mol. The number of hydrogen-bond acceptors (Lipinski definition) is 4. The van der Waals surface area contributed by atoms with Gasteiger partial charge in [0.2, 0.25) is 11.7 Å². The van der Waals surface area contributed by atoms with Crippen molar-refractivity contribution in [1.29, 1.82) is 0 Å². The van der Waals surface area contributed by atoms with Crippen molar-refractivity contribution < 1.29 is 19.1 Å². The number of furan rings is 1. The lowest BCUT2D eigenvalue weighted by Crippen LogP contribution is -2.36. The molecule has 0 aliphatic heterocycles. The summed E-state index contributed by atoms with van der Waals surface area (Å²) in [6.07, 6.45) is 0. The SMILES string of the molecule is Cc1ccc(-c2ccc(C(=O)O)o2)c(NC(=S)NC(=O)C(C)C)c1. The average Bonchev–Trinajstić information content (AvgIpc) is 2.97. The number of aryl methyl sites for hydroxylation is 1. The zero-order chi connectivity index (χ0) is 17.9. The summed E-state index contributed by atoms with van der Waals surface area (Å²) in [6.45, 7) is 5.45. The number of carboxylic acid groups (broad SMARTS) is 1. The molecule has 6 nitrogen and oxygen atoms in total. The second-order valence-electron chi connectivity index (χ2n) is 5.62. The molecule has 126 valence electrons. The Kier molecular flexibility index (Phi) is 5.35. The maximum atomic E-state index is 11.7. The fraction of sp³-hybridized carbons (Fsp3) is 0.235. The number of carbonyl (C=O) groups is 2. The Balaban J connectivity index is 2.29. The highest BCUT2D eigenvalue weighted by atomic mass is 32.1. The van der Waals surface area contributed by atoms with E-state index in [1.54, 1.807) is 26.0 Å². The third kappa shape index (κ3) is 4.20. The third-order valence-corrected chi connectivity index (χ3v) is 3.47. The number of aromatic carboxylic acids is 1. The molecule has 1 amide bonds. The van der Waals surface area contributed by atoms with Gasteiger partial charge in [0, 0.05) is 11.5 Å². The Morgan fingerprint density at radius 3 is 2.50 bits per heavy atom. The summed E-state index contributed by atoms with van der Waals surface area (Å²) >= 11 is 5.16. The molecule has 1 heterocycles. The van der Waals surface area contributed by atoms with Crippen molar-refractivity contribution >= 4 is 34.9 Å². The predicted molar refractivity (Wildman–Crippen MR) is 95.0 cm³/mol. The number of hydrogen-bond donors (Lipinski definition) is 3. The van der Waals surface area contributed by atoms with Gasteiger partial charge in [-0.2, -0.15) is 0 Å². The average molecular weight is 346 g/mol. The van der Waals surface area contributed by atoms with Crippen molar-refractivity contribution in [2.45, 2.75) is 20.8 Å². The van der Waals surface area contributed by atoms with Gasteiger partial charge in [-0.3, -0.25) is 4.79 Å². The van der Waals surface area contributed by atoms with E-state index in [1.807, 2.05) is 19.1 Å². The highest BCUT2D eigenvalue weighted by Crippen LogP contribution is 2.30. The van der Waals surface area contributed by atoms with Crippen molar-refractivity contribution in [1.82, 2.24) is 5.32 Å². The molecule has 0 saturated carbocycles. The molecule has 1 aromatic heterocycles. The first-order valence-corrected chi connectivity index (χ1v) is 7.74. The van der Waals surface area contributed by atoms with Crippen LogP contribution in [-0.4, -0.2) is 22.1 Å². The quantitative estimate of drug-likeness (QED) is 0.735. The van der Waals surface area contributed by atoms with Crippen LogP contribution in [0.1, 0.15) is 30.0 Å². The van der Waals surface area contributed by atoms with Crippen molar-refractivity contribution in [2.24, 2.45) is 5.92 Å². The monoisotopic (exact) mass is 346 g/mol. The molecule has 2 rings (SSSR count). The van der Waals surface area contributed by atoms with E-state index in [0.29, 0.717) is 17.0 Å². The number of amides is 1. The van der Waals surface area contributed by atoms with Gasteiger partial charge >= 0.3 is 5.97 Å². The molecule has 0 saturated heterocycles. The number of rotatable bonds is 4. The molecule has 24 heavy (non-hydrogen) atoms. The predicted octanol–water partition coefficient (Wildman–Crippen LogP) is 3.42. The lowest BCUT2D eigenvalue weighted by atomic mass is 10.1. The fourth-order valence-electron chi connectivity index (χ4n) is 1.98.